The van der Waals surface area contributed by atoms with Gasteiger partial charge in [-0.15, -0.1) is 0 Å². The molecule has 1 aliphatic heterocycles. The number of hydrogen-bond donors (Lipinski definition) is 1. The van der Waals surface area contributed by atoms with Crippen LogP contribution in [0.4, 0.5) is 24.7 Å². The summed E-state index contributed by atoms with van der Waals surface area (Å²) in [4.78, 5) is 30.1. The number of benzene rings is 1. The lowest BCUT2D eigenvalue weighted by Crippen LogP contribution is -2.38. The van der Waals surface area contributed by atoms with E-state index in [1.807, 2.05) is 11.0 Å². The highest BCUT2D eigenvalue weighted by molar-refractivity contribution is 5.98. The normalized spacial score (nSPS) is 14.9. The van der Waals surface area contributed by atoms with E-state index in [9.17, 15) is 22.8 Å². The molecule has 0 atom stereocenters. The first-order valence-electron chi connectivity index (χ1n) is 10.7. The topological polar surface area (TPSA) is 95.3 Å². The Morgan fingerprint density at radius 2 is 1.88 bits per heavy atom. The molecule has 1 N–H and O–H groups in total. The number of nitrogens with zero attached hydrogens (tertiary/aromatic N) is 3. The van der Waals surface area contributed by atoms with Crippen LogP contribution in [0.15, 0.2) is 48.2 Å². The van der Waals surface area contributed by atoms with E-state index < -0.39 is 17.7 Å². The Kier molecular flexibility index (Phi) is 7.89. The Morgan fingerprint density at radius 1 is 1.21 bits per heavy atom. The molecule has 34 heavy (non-hydrogen) atoms. The minimum absolute atomic E-state index is 0.118. The van der Waals surface area contributed by atoms with Crippen LogP contribution in [-0.2, 0) is 20.5 Å². The lowest BCUT2D eigenvalue weighted by Gasteiger charge is -2.32. The lowest BCUT2D eigenvalue weighted by atomic mass is 9.95. The van der Waals surface area contributed by atoms with Gasteiger partial charge in [0.1, 0.15) is 17.5 Å². The highest BCUT2D eigenvalue weighted by Gasteiger charge is 2.31. The van der Waals surface area contributed by atoms with Crippen molar-refractivity contribution in [3.63, 3.8) is 0 Å². The van der Waals surface area contributed by atoms with Crippen molar-refractivity contribution in [2.24, 2.45) is 5.92 Å². The Balaban J connectivity index is 1.54. The number of nitrogens with one attached hydrogen (secondary N) is 1. The molecule has 0 bridgehead atoms. The molecule has 7 nitrogen and oxygen atoms in total. The van der Waals surface area contributed by atoms with Crippen LogP contribution in [0.5, 0.6) is 0 Å². The van der Waals surface area contributed by atoms with E-state index >= 15 is 0 Å². The highest BCUT2D eigenvalue weighted by atomic mass is 19.4. The van der Waals surface area contributed by atoms with Crippen LogP contribution in [0.2, 0.25) is 0 Å². The van der Waals surface area contributed by atoms with Crippen molar-refractivity contribution >= 4 is 29.5 Å². The zero-order chi connectivity index (χ0) is 24.7. The zero-order valence-corrected chi connectivity index (χ0v) is 18.4. The maximum absolute atomic E-state index is 12.7. The third-order valence-corrected chi connectivity index (χ3v) is 5.37. The van der Waals surface area contributed by atoms with Crippen molar-refractivity contribution in [3.8, 4) is 6.07 Å². The number of anilines is 2. The first-order chi connectivity index (χ1) is 16.2. The molecular formula is C24H23F3N4O3. The molecule has 1 aliphatic rings. The number of carbonyl (C=O) groups excluding carboxylic acids is 2. The molecule has 0 unspecified atom stereocenters. The third kappa shape index (κ3) is 6.34. The summed E-state index contributed by atoms with van der Waals surface area (Å²) < 4.78 is 42.9. The van der Waals surface area contributed by atoms with Crippen molar-refractivity contribution < 1.29 is 27.5 Å². The van der Waals surface area contributed by atoms with Crippen LogP contribution in [0.3, 0.4) is 0 Å². The Bertz CT molecular complexity index is 1080. The summed E-state index contributed by atoms with van der Waals surface area (Å²) in [5.41, 5.74) is 0.272. The van der Waals surface area contributed by atoms with Gasteiger partial charge in [-0.2, -0.15) is 18.4 Å². The van der Waals surface area contributed by atoms with E-state index in [-0.39, 0.29) is 24.0 Å². The summed E-state index contributed by atoms with van der Waals surface area (Å²) in [7, 11) is 0. The third-order valence-electron chi connectivity index (χ3n) is 5.37. The van der Waals surface area contributed by atoms with Gasteiger partial charge >= 0.3 is 12.1 Å². The van der Waals surface area contributed by atoms with Gasteiger partial charge in [0.15, 0.2) is 0 Å². The van der Waals surface area contributed by atoms with Gasteiger partial charge in [-0.3, -0.25) is 4.79 Å². The molecule has 1 saturated heterocycles. The smallest absolute Gasteiger partial charge is 0.417 e. The number of piperidine rings is 1. The van der Waals surface area contributed by atoms with E-state index in [0.29, 0.717) is 43.0 Å². The van der Waals surface area contributed by atoms with E-state index in [4.69, 9.17) is 10.00 Å². The molecule has 1 aromatic heterocycles. The number of aromatic nitrogens is 1. The summed E-state index contributed by atoms with van der Waals surface area (Å²) in [6, 6.07) is 10.8. The van der Waals surface area contributed by atoms with Gasteiger partial charge in [-0.1, -0.05) is 12.1 Å². The molecule has 0 saturated carbocycles. The Morgan fingerprint density at radius 3 is 2.41 bits per heavy atom. The van der Waals surface area contributed by atoms with Gasteiger partial charge in [0.05, 0.1) is 12.2 Å². The van der Waals surface area contributed by atoms with E-state index in [1.165, 1.54) is 12.1 Å². The van der Waals surface area contributed by atoms with Crippen molar-refractivity contribution in [1.29, 1.82) is 5.26 Å². The predicted molar refractivity (Wildman–Crippen MR) is 119 cm³/mol. The molecule has 0 aliphatic carbocycles. The standard InChI is InChI=1S/C24H23F3N4O3/c1-2-34-23(33)18(14-28)13-16-3-6-20(7-4-16)30-22(32)17-9-11-31(12-10-17)21-8-5-19(15-29-21)24(25,26)27/h3-8,13,15,17H,2,9-12H2,1H3,(H,30,32)/b18-13+. The predicted octanol–water partition coefficient (Wildman–Crippen LogP) is 4.43. The number of amides is 1. The highest BCUT2D eigenvalue weighted by Crippen LogP contribution is 2.30. The molecule has 0 spiro atoms. The number of hydrogen-bond acceptors (Lipinski definition) is 6. The van der Waals surface area contributed by atoms with Crippen LogP contribution in [-0.4, -0.2) is 36.6 Å². The number of rotatable bonds is 6. The zero-order valence-electron chi connectivity index (χ0n) is 18.4. The Hall–Kier alpha value is -3.87. The van der Waals surface area contributed by atoms with Crippen LogP contribution in [0, 0.1) is 17.2 Å². The largest absolute Gasteiger partial charge is 0.462 e. The van der Waals surface area contributed by atoms with Crippen molar-refractivity contribution in [2.45, 2.75) is 25.9 Å². The van der Waals surface area contributed by atoms with Crippen LogP contribution >= 0.6 is 0 Å². The van der Waals surface area contributed by atoms with Gasteiger partial charge in [0, 0.05) is 30.9 Å². The second-order valence-corrected chi connectivity index (χ2v) is 7.67. The fourth-order valence-corrected chi connectivity index (χ4v) is 3.53. The average Bonchev–Trinajstić information content (AvgIpc) is 2.83. The molecule has 1 aromatic carbocycles. The molecule has 3 rings (SSSR count). The van der Waals surface area contributed by atoms with Gasteiger partial charge in [0.2, 0.25) is 5.91 Å². The first kappa shape index (κ1) is 24.8. The van der Waals surface area contributed by atoms with E-state index in [0.717, 1.165) is 12.3 Å². The first-order valence-corrected chi connectivity index (χ1v) is 10.7. The van der Waals surface area contributed by atoms with E-state index in [1.54, 1.807) is 31.2 Å². The number of nitriles is 1. The molecular weight excluding hydrogens is 449 g/mol. The van der Waals surface area contributed by atoms with Gasteiger partial charge in [-0.05, 0) is 55.7 Å². The second kappa shape index (κ2) is 10.8. The fraction of sp³-hybridized carbons (Fsp3) is 0.333. The van der Waals surface area contributed by atoms with Crippen molar-refractivity contribution in [1.82, 2.24) is 4.98 Å². The number of carbonyl (C=O) groups is 2. The second-order valence-electron chi connectivity index (χ2n) is 7.67. The minimum Gasteiger partial charge on any atom is -0.462 e. The average molecular weight is 472 g/mol. The fourth-order valence-electron chi connectivity index (χ4n) is 3.53. The number of pyridine rings is 1. The van der Waals surface area contributed by atoms with E-state index in [2.05, 4.69) is 10.3 Å². The summed E-state index contributed by atoms with van der Waals surface area (Å²) in [6.07, 6.45) is -1.11. The summed E-state index contributed by atoms with van der Waals surface area (Å²) in [5, 5.41) is 12.0. The maximum Gasteiger partial charge on any atom is 0.417 e. The Labute approximate surface area is 194 Å². The molecule has 2 aromatic rings. The number of alkyl halides is 3. The maximum atomic E-state index is 12.7. The SMILES string of the molecule is CCOC(=O)/C(C#N)=C/c1ccc(NC(=O)C2CCN(c3ccc(C(F)(F)F)cn3)CC2)cc1. The lowest BCUT2D eigenvalue weighted by molar-refractivity contribution is -0.138. The van der Waals surface area contributed by atoms with Gasteiger partial charge in [0.25, 0.3) is 0 Å². The van der Waals surface area contributed by atoms with Crippen LogP contribution in [0.25, 0.3) is 6.08 Å². The summed E-state index contributed by atoms with van der Waals surface area (Å²) in [5.74, 6) is -0.623. The van der Waals surface area contributed by atoms with Crippen LogP contribution < -0.4 is 10.2 Å². The van der Waals surface area contributed by atoms with Gasteiger partial charge in [-0.25, -0.2) is 9.78 Å². The minimum atomic E-state index is -4.43. The van der Waals surface area contributed by atoms with Crippen LogP contribution in [0.1, 0.15) is 30.9 Å². The summed E-state index contributed by atoms with van der Waals surface area (Å²) in [6.45, 7) is 2.83. The quantitative estimate of drug-likeness (QED) is 0.380. The molecule has 1 amide bonds. The molecule has 0 radical (unpaired) electrons. The monoisotopic (exact) mass is 472 g/mol. The molecule has 178 valence electrons. The number of ether oxygens (including phenoxy) is 1. The van der Waals surface area contributed by atoms with Crippen molar-refractivity contribution in [3.05, 3.63) is 59.3 Å². The molecule has 1 fully saturated rings. The van der Waals surface area contributed by atoms with Crippen molar-refractivity contribution in [2.75, 3.05) is 29.9 Å². The van der Waals surface area contributed by atoms with Gasteiger partial charge < -0.3 is 15.0 Å². The molecule has 2 heterocycles. The molecule has 10 heteroatoms. The number of halogens is 3. The summed E-state index contributed by atoms with van der Waals surface area (Å²) >= 11 is 0. The number of esters is 1.